The van der Waals surface area contributed by atoms with Crippen molar-refractivity contribution in [3.05, 3.63) is 24.3 Å². The van der Waals surface area contributed by atoms with Gasteiger partial charge in [0.05, 0.1) is 6.61 Å². The minimum Gasteiger partial charge on any atom is -0.494 e. The number of rotatable bonds is 10. The maximum atomic E-state index is 12.3. The average Bonchev–Trinajstić information content (AvgIpc) is 3.08. The highest BCUT2D eigenvalue weighted by Crippen LogP contribution is 2.27. The van der Waals surface area contributed by atoms with E-state index in [0.717, 1.165) is 44.5 Å². The number of anilines is 1. The van der Waals surface area contributed by atoms with Crippen LogP contribution < -0.4 is 10.1 Å². The SMILES string of the molecule is CCCCCOc1cccc(NC(=O)O[C@@H]2CCC[C@H]2N(CC)CC)c1. The number of carbonyl (C=O) groups is 1. The number of ether oxygens (including phenoxy) is 2. The van der Waals surface area contributed by atoms with Crippen LogP contribution in [0, 0.1) is 0 Å². The summed E-state index contributed by atoms with van der Waals surface area (Å²) in [6, 6.07) is 7.85. The summed E-state index contributed by atoms with van der Waals surface area (Å²) in [4.78, 5) is 14.7. The Bertz CT molecular complexity index is 546. The van der Waals surface area contributed by atoms with Crippen molar-refractivity contribution in [2.24, 2.45) is 0 Å². The Morgan fingerprint density at radius 1 is 1.19 bits per heavy atom. The molecule has 1 amide bonds. The highest BCUT2D eigenvalue weighted by Gasteiger charge is 2.33. The van der Waals surface area contributed by atoms with E-state index in [0.29, 0.717) is 18.3 Å². The molecule has 0 heterocycles. The lowest BCUT2D eigenvalue weighted by atomic mass is 10.2. The van der Waals surface area contributed by atoms with Gasteiger partial charge < -0.3 is 9.47 Å². The number of amides is 1. The van der Waals surface area contributed by atoms with Crippen LogP contribution in [0.25, 0.3) is 0 Å². The van der Waals surface area contributed by atoms with E-state index in [9.17, 15) is 4.79 Å². The monoisotopic (exact) mass is 362 g/mol. The summed E-state index contributed by atoms with van der Waals surface area (Å²) in [5.74, 6) is 0.779. The molecule has 5 heteroatoms. The Hall–Kier alpha value is -1.75. The number of likely N-dealkylation sites (N-methyl/N-ethyl adjacent to an activating group) is 1. The number of unbranched alkanes of at least 4 members (excludes halogenated alkanes) is 2. The van der Waals surface area contributed by atoms with Crippen LogP contribution >= 0.6 is 0 Å². The van der Waals surface area contributed by atoms with Gasteiger partial charge in [0.15, 0.2) is 0 Å². The predicted octanol–water partition coefficient (Wildman–Crippen LogP) is 5.07. The van der Waals surface area contributed by atoms with Crippen LogP contribution in [0.3, 0.4) is 0 Å². The second-order valence-corrected chi connectivity index (χ2v) is 6.87. The topological polar surface area (TPSA) is 50.8 Å². The van der Waals surface area contributed by atoms with E-state index >= 15 is 0 Å². The fourth-order valence-corrected chi connectivity index (χ4v) is 3.64. The molecule has 0 saturated heterocycles. The molecule has 1 saturated carbocycles. The van der Waals surface area contributed by atoms with Gasteiger partial charge in [-0.05, 0) is 50.9 Å². The van der Waals surface area contributed by atoms with Gasteiger partial charge in [0, 0.05) is 17.8 Å². The summed E-state index contributed by atoms with van der Waals surface area (Å²) in [6.07, 6.45) is 6.13. The van der Waals surface area contributed by atoms with Crippen molar-refractivity contribution < 1.29 is 14.3 Å². The highest BCUT2D eigenvalue weighted by molar-refractivity contribution is 5.85. The molecule has 1 N–H and O–H groups in total. The lowest BCUT2D eigenvalue weighted by molar-refractivity contribution is 0.0549. The molecule has 146 valence electrons. The molecule has 1 aliphatic rings. The first-order valence-electron chi connectivity index (χ1n) is 10.1. The van der Waals surface area contributed by atoms with Crippen LogP contribution in [-0.4, -0.2) is 42.8 Å². The zero-order valence-corrected chi connectivity index (χ0v) is 16.5. The quantitative estimate of drug-likeness (QED) is 0.591. The smallest absolute Gasteiger partial charge is 0.411 e. The van der Waals surface area contributed by atoms with E-state index in [-0.39, 0.29) is 12.2 Å². The number of nitrogens with zero attached hydrogens (tertiary/aromatic N) is 1. The van der Waals surface area contributed by atoms with Crippen molar-refractivity contribution in [1.29, 1.82) is 0 Å². The van der Waals surface area contributed by atoms with Crippen molar-refractivity contribution in [3.8, 4) is 5.75 Å². The standard InChI is InChI=1S/C21H34N2O3/c1-4-7-8-15-25-18-12-9-11-17(16-18)22-21(24)26-20-14-10-13-19(20)23(5-2)6-3/h9,11-12,16,19-20H,4-8,10,13-15H2,1-3H3,(H,22,24)/t19-,20-/m1/s1. The highest BCUT2D eigenvalue weighted by atomic mass is 16.6. The van der Waals surface area contributed by atoms with Crippen LogP contribution in [0.1, 0.15) is 59.3 Å². The summed E-state index contributed by atoms with van der Waals surface area (Å²) in [5.41, 5.74) is 0.709. The third-order valence-corrected chi connectivity index (χ3v) is 5.05. The van der Waals surface area contributed by atoms with E-state index in [1.807, 2.05) is 24.3 Å². The normalized spacial score (nSPS) is 19.5. The van der Waals surface area contributed by atoms with Gasteiger partial charge in [0.1, 0.15) is 11.9 Å². The van der Waals surface area contributed by atoms with Gasteiger partial charge in [0.25, 0.3) is 0 Å². The Balaban J connectivity index is 1.85. The molecule has 0 radical (unpaired) electrons. The summed E-state index contributed by atoms with van der Waals surface area (Å²) in [5, 5.41) is 2.85. The predicted molar refractivity (Wildman–Crippen MR) is 106 cm³/mol. The van der Waals surface area contributed by atoms with Crippen molar-refractivity contribution in [1.82, 2.24) is 4.90 Å². The molecular weight excluding hydrogens is 328 g/mol. The van der Waals surface area contributed by atoms with Gasteiger partial charge in [-0.25, -0.2) is 4.79 Å². The maximum Gasteiger partial charge on any atom is 0.411 e. The van der Waals surface area contributed by atoms with E-state index in [1.165, 1.54) is 12.8 Å². The second-order valence-electron chi connectivity index (χ2n) is 6.87. The zero-order chi connectivity index (χ0) is 18.8. The largest absolute Gasteiger partial charge is 0.494 e. The molecule has 1 aliphatic carbocycles. The summed E-state index contributed by atoms with van der Waals surface area (Å²) in [6.45, 7) is 9.16. The van der Waals surface area contributed by atoms with Crippen molar-refractivity contribution in [2.45, 2.75) is 71.4 Å². The van der Waals surface area contributed by atoms with Gasteiger partial charge in [-0.1, -0.05) is 39.7 Å². The molecule has 5 nitrogen and oxygen atoms in total. The molecule has 0 unspecified atom stereocenters. The van der Waals surface area contributed by atoms with Crippen molar-refractivity contribution in [3.63, 3.8) is 0 Å². The Morgan fingerprint density at radius 2 is 2.00 bits per heavy atom. The Morgan fingerprint density at radius 3 is 2.73 bits per heavy atom. The fourth-order valence-electron chi connectivity index (χ4n) is 3.64. The number of benzene rings is 1. The third-order valence-electron chi connectivity index (χ3n) is 5.05. The van der Waals surface area contributed by atoms with Crippen molar-refractivity contribution in [2.75, 3.05) is 25.0 Å². The maximum absolute atomic E-state index is 12.3. The van der Waals surface area contributed by atoms with E-state index in [2.05, 4.69) is 31.0 Å². The van der Waals surface area contributed by atoms with Crippen molar-refractivity contribution >= 4 is 11.8 Å². The zero-order valence-electron chi connectivity index (χ0n) is 16.5. The summed E-state index contributed by atoms with van der Waals surface area (Å²) < 4.78 is 11.5. The van der Waals surface area contributed by atoms with Gasteiger partial charge in [-0.2, -0.15) is 0 Å². The molecule has 26 heavy (non-hydrogen) atoms. The number of hydrogen-bond acceptors (Lipinski definition) is 4. The fraction of sp³-hybridized carbons (Fsp3) is 0.667. The lowest BCUT2D eigenvalue weighted by Crippen LogP contribution is -2.42. The van der Waals surface area contributed by atoms with Gasteiger partial charge in [-0.3, -0.25) is 10.2 Å². The molecule has 0 bridgehead atoms. The van der Waals surface area contributed by atoms with E-state index < -0.39 is 0 Å². The molecule has 2 rings (SSSR count). The Kier molecular flexibility index (Phi) is 8.75. The molecule has 1 aromatic carbocycles. The minimum absolute atomic E-state index is 0.0247. The van der Waals surface area contributed by atoms with Crippen LogP contribution in [0.4, 0.5) is 10.5 Å². The van der Waals surface area contributed by atoms with Crippen LogP contribution in [0.5, 0.6) is 5.75 Å². The number of nitrogens with one attached hydrogen (secondary N) is 1. The molecular formula is C21H34N2O3. The van der Waals surface area contributed by atoms with Gasteiger partial charge in [0.2, 0.25) is 0 Å². The summed E-state index contributed by atoms with van der Waals surface area (Å²) >= 11 is 0. The van der Waals surface area contributed by atoms with Crippen LogP contribution in [0.2, 0.25) is 0 Å². The average molecular weight is 363 g/mol. The first-order valence-corrected chi connectivity index (χ1v) is 10.1. The number of carbonyl (C=O) groups excluding carboxylic acids is 1. The molecule has 2 atom stereocenters. The second kappa shape index (κ2) is 11.1. The molecule has 1 aromatic rings. The lowest BCUT2D eigenvalue weighted by Gasteiger charge is -2.30. The molecule has 0 aromatic heterocycles. The summed E-state index contributed by atoms with van der Waals surface area (Å²) in [7, 11) is 0. The first kappa shape index (κ1) is 20.6. The Labute approximate surface area is 158 Å². The molecule has 0 spiro atoms. The third kappa shape index (κ3) is 6.20. The molecule has 1 fully saturated rings. The van der Waals surface area contributed by atoms with Gasteiger partial charge in [-0.15, -0.1) is 0 Å². The van der Waals surface area contributed by atoms with Crippen LogP contribution in [-0.2, 0) is 4.74 Å². The number of hydrogen-bond donors (Lipinski definition) is 1. The first-order chi connectivity index (χ1) is 12.7. The van der Waals surface area contributed by atoms with Gasteiger partial charge >= 0.3 is 6.09 Å². The minimum atomic E-state index is -0.378. The molecule has 0 aliphatic heterocycles. The van der Waals surface area contributed by atoms with Crippen LogP contribution in [0.15, 0.2) is 24.3 Å². The van der Waals surface area contributed by atoms with E-state index in [1.54, 1.807) is 0 Å². The van der Waals surface area contributed by atoms with E-state index in [4.69, 9.17) is 9.47 Å².